The van der Waals surface area contributed by atoms with Gasteiger partial charge in [0.15, 0.2) is 0 Å². The molecule has 0 radical (unpaired) electrons. The second-order valence-corrected chi connectivity index (χ2v) is 8.88. The van der Waals surface area contributed by atoms with Crippen LogP contribution in [0.4, 0.5) is 5.69 Å². The number of esters is 1. The smallest absolute Gasteiger partial charge is 0.310 e. The van der Waals surface area contributed by atoms with Gasteiger partial charge in [-0.3, -0.25) is 14.9 Å². The summed E-state index contributed by atoms with van der Waals surface area (Å²) < 4.78 is 31.8. The van der Waals surface area contributed by atoms with Crippen LogP contribution in [-0.4, -0.2) is 24.4 Å². The molecule has 1 unspecified atom stereocenters. The van der Waals surface area contributed by atoms with Gasteiger partial charge in [-0.15, -0.1) is 0 Å². The van der Waals surface area contributed by atoms with Gasteiger partial charge >= 0.3 is 5.97 Å². The van der Waals surface area contributed by atoms with Crippen LogP contribution in [0, 0.1) is 10.1 Å². The van der Waals surface area contributed by atoms with Crippen molar-refractivity contribution in [3.63, 3.8) is 0 Å². The minimum atomic E-state index is -4.54. The van der Waals surface area contributed by atoms with Crippen molar-refractivity contribution in [3.05, 3.63) is 106 Å². The second-order valence-electron chi connectivity index (χ2n) is 6.73. The quantitative estimate of drug-likeness (QED) is 0.323. The zero-order valence-corrected chi connectivity index (χ0v) is 17.1. The molecule has 8 nitrogen and oxygen atoms in total. The number of nitro benzene ring substituents is 1. The van der Waals surface area contributed by atoms with Crippen molar-refractivity contribution in [2.75, 3.05) is 0 Å². The minimum absolute atomic E-state index is 0.0231. The summed E-state index contributed by atoms with van der Waals surface area (Å²) in [6.45, 7) is -0.0812. The number of carbonyl (C=O) groups excluding carboxylic acids is 1. The Balaban J connectivity index is 1.93. The van der Waals surface area contributed by atoms with Crippen LogP contribution in [0.5, 0.6) is 0 Å². The standard InChI is InChI=1S/C22H19NO7S/c24-21(30-16-17-7-3-1-4-8-17)15-22(25,18-9-5-2-6-10-18)31(28,29)20-13-11-19(12-14-20)23(26)27/h1-14,25H,15-16H2. The van der Waals surface area contributed by atoms with Crippen LogP contribution >= 0.6 is 0 Å². The van der Waals surface area contributed by atoms with E-state index in [0.717, 1.165) is 24.3 Å². The number of benzene rings is 3. The largest absolute Gasteiger partial charge is 0.461 e. The molecule has 0 saturated carbocycles. The van der Waals surface area contributed by atoms with Crippen molar-refractivity contribution < 1.29 is 28.0 Å². The maximum absolute atomic E-state index is 13.3. The molecule has 3 aromatic carbocycles. The van der Waals surface area contributed by atoms with Gasteiger partial charge < -0.3 is 9.84 Å². The van der Waals surface area contributed by atoms with E-state index in [4.69, 9.17) is 4.74 Å². The highest BCUT2D eigenvalue weighted by molar-refractivity contribution is 7.92. The normalized spacial score (nSPS) is 13.2. The van der Waals surface area contributed by atoms with Gasteiger partial charge in [-0.05, 0) is 23.3 Å². The van der Waals surface area contributed by atoms with Gasteiger partial charge in [-0.25, -0.2) is 8.42 Å². The number of nitro groups is 1. The fourth-order valence-electron chi connectivity index (χ4n) is 2.98. The van der Waals surface area contributed by atoms with Gasteiger partial charge in [0, 0.05) is 12.1 Å². The number of rotatable bonds is 8. The lowest BCUT2D eigenvalue weighted by Crippen LogP contribution is -2.38. The molecule has 0 aliphatic rings. The molecule has 0 amide bonds. The van der Waals surface area contributed by atoms with E-state index in [9.17, 15) is 28.4 Å². The van der Waals surface area contributed by atoms with E-state index in [0.29, 0.717) is 5.56 Å². The van der Waals surface area contributed by atoms with E-state index in [-0.39, 0.29) is 22.8 Å². The van der Waals surface area contributed by atoms with Gasteiger partial charge in [0.1, 0.15) is 6.61 Å². The number of non-ortho nitro benzene ring substituents is 1. The molecule has 1 atom stereocenters. The van der Waals surface area contributed by atoms with Crippen molar-refractivity contribution in [1.29, 1.82) is 0 Å². The fourth-order valence-corrected chi connectivity index (χ4v) is 4.62. The minimum Gasteiger partial charge on any atom is -0.461 e. The molecule has 3 rings (SSSR count). The van der Waals surface area contributed by atoms with Crippen LogP contribution in [0.15, 0.2) is 89.8 Å². The third-order valence-corrected chi connectivity index (χ3v) is 6.82. The molecule has 0 aliphatic heterocycles. The molecule has 0 bridgehead atoms. The molecule has 0 heterocycles. The van der Waals surface area contributed by atoms with Gasteiger partial charge in [0.2, 0.25) is 14.8 Å². The Hall–Kier alpha value is -3.56. The topological polar surface area (TPSA) is 124 Å². The predicted octanol–water partition coefficient (Wildman–Crippen LogP) is 3.35. The number of hydrogen-bond donors (Lipinski definition) is 1. The summed E-state index contributed by atoms with van der Waals surface area (Å²) >= 11 is 0. The van der Waals surface area contributed by atoms with Crippen LogP contribution in [0.3, 0.4) is 0 Å². The monoisotopic (exact) mass is 441 g/mol. The molecule has 0 spiro atoms. The van der Waals surface area contributed by atoms with Crippen LogP contribution < -0.4 is 0 Å². The maximum atomic E-state index is 13.3. The molecule has 0 fully saturated rings. The first-order valence-corrected chi connectivity index (χ1v) is 10.7. The van der Waals surface area contributed by atoms with Gasteiger partial charge in [0.05, 0.1) is 16.2 Å². The summed E-state index contributed by atoms with van der Waals surface area (Å²) in [5.74, 6) is -0.916. The maximum Gasteiger partial charge on any atom is 0.310 e. The number of nitrogens with zero attached hydrogens (tertiary/aromatic N) is 1. The van der Waals surface area contributed by atoms with Crippen LogP contribution in [0.1, 0.15) is 17.5 Å². The number of aliphatic hydroxyl groups is 1. The molecular weight excluding hydrogens is 422 g/mol. The molecule has 3 aromatic rings. The van der Waals surface area contributed by atoms with Crippen molar-refractivity contribution in [3.8, 4) is 0 Å². The van der Waals surface area contributed by atoms with E-state index in [1.54, 1.807) is 36.4 Å². The van der Waals surface area contributed by atoms with E-state index in [2.05, 4.69) is 0 Å². The summed E-state index contributed by atoms with van der Waals surface area (Å²) in [6.07, 6.45) is -0.858. The van der Waals surface area contributed by atoms with Gasteiger partial charge in [0.25, 0.3) is 5.69 Å². The van der Waals surface area contributed by atoms with Gasteiger partial charge in [-0.2, -0.15) is 0 Å². The highest BCUT2D eigenvalue weighted by atomic mass is 32.2. The summed E-state index contributed by atoms with van der Waals surface area (Å²) in [7, 11) is -4.54. The van der Waals surface area contributed by atoms with Crippen LogP contribution in [-0.2, 0) is 30.9 Å². The Labute approximate surface area is 178 Å². The lowest BCUT2D eigenvalue weighted by molar-refractivity contribution is -0.384. The summed E-state index contributed by atoms with van der Waals surface area (Å²) in [4.78, 5) is 19.7. The lowest BCUT2D eigenvalue weighted by Gasteiger charge is -2.27. The number of carbonyl (C=O) groups is 1. The Morgan fingerprint density at radius 2 is 1.48 bits per heavy atom. The van der Waals surface area contributed by atoms with Crippen LogP contribution in [0.2, 0.25) is 0 Å². The third-order valence-electron chi connectivity index (χ3n) is 4.65. The zero-order valence-electron chi connectivity index (χ0n) is 16.2. The van der Waals surface area contributed by atoms with Gasteiger partial charge in [-0.1, -0.05) is 60.7 Å². The summed E-state index contributed by atoms with van der Waals surface area (Å²) in [6, 6.07) is 20.4. The Kier molecular flexibility index (Phi) is 6.47. The number of hydrogen-bond acceptors (Lipinski definition) is 7. The van der Waals surface area contributed by atoms with E-state index < -0.39 is 32.1 Å². The molecule has 9 heteroatoms. The highest BCUT2D eigenvalue weighted by Crippen LogP contribution is 2.37. The molecule has 0 aromatic heterocycles. The number of ether oxygens (including phenoxy) is 1. The highest BCUT2D eigenvalue weighted by Gasteiger charge is 2.47. The molecule has 0 saturated heterocycles. The van der Waals surface area contributed by atoms with E-state index in [1.165, 1.54) is 24.3 Å². The Morgan fingerprint density at radius 1 is 0.935 bits per heavy atom. The molecule has 0 aliphatic carbocycles. The first kappa shape index (κ1) is 22.1. The first-order valence-electron chi connectivity index (χ1n) is 9.20. The Bertz CT molecular complexity index is 1160. The van der Waals surface area contributed by atoms with Crippen molar-refractivity contribution in [2.24, 2.45) is 0 Å². The first-order chi connectivity index (χ1) is 14.7. The Morgan fingerprint density at radius 3 is 2.03 bits per heavy atom. The molecular formula is C22H19NO7S. The van der Waals surface area contributed by atoms with Crippen molar-refractivity contribution in [2.45, 2.75) is 22.9 Å². The molecule has 1 N–H and O–H groups in total. The molecule has 160 valence electrons. The fraction of sp³-hybridized carbons (Fsp3) is 0.136. The van der Waals surface area contributed by atoms with E-state index >= 15 is 0 Å². The van der Waals surface area contributed by atoms with Crippen molar-refractivity contribution >= 4 is 21.5 Å². The predicted molar refractivity (Wildman–Crippen MR) is 111 cm³/mol. The second kappa shape index (κ2) is 9.07. The lowest BCUT2D eigenvalue weighted by atomic mass is 10.1. The summed E-state index contributed by atoms with van der Waals surface area (Å²) in [5.41, 5.74) is 0.381. The number of sulfone groups is 1. The van der Waals surface area contributed by atoms with E-state index in [1.807, 2.05) is 0 Å². The van der Waals surface area contributed by atoms with Crippen molar-refractivity contribution in [1.82, 2.24) is 0 Å². The zero-order chi connectivity index (χ0) is 22.5. The third kappa shape index (κ3) is 4.79. The summed E-state index contributed by atoms with van der Waals surface area (Å²) in [5, 5.41) is 22.1. The SMILES string of the molecule is O=C(CC(O)(c1ccccc1)S(=O)(=O)c1ccc([N+](=O)[O-])cc1)OCc1ccccc1. The van der Waals surface area contributed by atoms with Crippen LogP contribution in [0.25, 0.3) is 0 Å². The average Bonchev–Trinajstić information content (AvgIpc) is 2.79. The molecule has 31 heavy (non-hydrogen) atoms. The average molecular weight is 441 g/mol.